The van der Waals surface area contributed by atoms with Gasteiger partial charge < -0.3 is 29.9 Å². The first-order valence-corrected chi connectivity index (χ1v) is 10.3. The zero-order valence-corrected chi connectivity index (χ0v) is 16.7. The molecule has 0 radical (unpaired) electrons. The molecular weight excluding hydrogens is 368 g/mol. The van der Waals surface area contributed by atoms with Crippen LogP contribution in [0.1, 0.15) is 84.0 Å². The van der Waals surface area contributed by atoms with Gasteiger partial charge in [-0.3, -0.25) is 0 Å². The second kappa shape index (κ2) is 12.9. The summed E-state index contributed by atoms with van der Waals surface area (Å²) in [5.41, 5.74) is -0.795. The van der Waals surface area contributed by atoms with E-state index in [1.807, 2.05) is 0 Å². The summed E-state index contributed by atoms with van der Waals surface area (Å²) in [6.45, 7) is 2.35. The summed E-state index contributed by atoms with van der Waals surface area (Å²) < 4.78 is 9.57. The Morgan fingerprint density at radius 1 is 0.893 bits per heavy atom. The van der Waals surface area contributed by atoms with Crippen LogP contribution in [0.3, 0.4) is 0 Å². The number of aliphatic hydroxyl groups excluding tert-OH is 1. The Labute approximate surface area is 166 Å². The van der Waals surface area contributed by atoms with Crippen molar-refractivity contribution >= 4 is 11.9 Å². The molecule has 0 amide bonds. The van der Waals surface area contributed by atoms with Crippen molar-refractivity contribution in [2.75, 3.05) is 6.61 Å². The van der Waals surface area contributed by atoms with Gasteiger partial charge in [-0.15, -0.1) is 0 Å². The van der Waals surface area contributed by atoms with Gasteiger partial charge >= 0.3 is 17.9 Å². The van der Waals surface area contributed by atoms with E-state index in [1.165, 1.54) is 51.4 Å². The van der Waals surface area contributed by atoms with Crippen LogP contribution in [0.15, 0.2) is 11.3 Å². The highest BCUT2D eigenvalue weighted by Crippen LogP contribution is 2.26. The fraction of sp³-hybridized carbons (Fsp3) is 0.800. The molecule has 162 valence electrons. The molecule has 0 aromatic heterocycles. The molecule has 1 atom stereocenters. The number of carbonyl (C=O) groups excluding carboxylic acids is 2. The molecule has 28 heavy (non-hydrogen) atoms. The second-order valence-electron chi connectivity index (χ2n) is 7.25. The molecule has 1 unspecified atom stereocenters. The van der Waals surface area contributed by atoms with E-state index in [4.69, 9.17) is 20.1 Å². The van der Waals surface area contributed by atoms with Crippen molar-refractivity contribution in [3.63, 3.8) is 0 Å². The summed E-state index contributed by atoms with van der Waals surface area (Å²) in [5.74, 6) is -7.45. The smallest absolute Gasteiger partial charge is 0.348 e. The van der Waals surface area contributed by atoms with Crippen molar-refractivity contribution in [2.24, 2.45) is 0 Å². The summed E-state index contributed by atoms with van der Waals surface area (Å²) in [6, 6.07) is 0. The van der Waals surface area contributed by atoms with Crippen LogP contribution in [0, 0.1) is 0 Å². The van der Waals surface area contributed by atoms with Crippen molar-refractivity contribution in [1.82, 2.24) is 0 Å². The number of hydrogen-bond acceptors (Lipinski definition) is 8. The van der Waals surface area contributed by atoms with Gasteiger partial charge in [0, 0.05) is 6.61 Å². The van der Waals surface area contributed by atoms with Crippen LogP contribution < -0.4 is 0 Å². The predicted octanol–water partition coefficient (Wildman–Crippen LogP) is 2.60. The lowest BCUT2D eigenvalue weighted by Gasteiger charge is -2.16. The van der Waals surface area contributed by atoms with Crippen LogP contribution in [0.5, 0.6) is 0 Å². The van der Waals surface area contributed by atoms with Gasteiger partial charge in [-0.05, 0) is 6.42 Å². The van der Waals surface area contributed by atoms with Crippen LogP contribution >= 0.6 is 0 Å². The highest BCUT2D eigenvalue weighted by molar-refractivity contribution is 6.09. The van der Waals surface area contributed by atoms with E-state index < -0.39 is 35.3 Å². The van der Waals surface area contributed by atoms with E-state index in [0.29, 0.717) is 6.42 Å². The molecule has 1 saturated heterocycles. The van der Waals surface area contributed by atoms with Gasteiger partial charge in [0.2, 0.25) is 0 Å². The van der Waals surface area contributed by atoms with Gasteiger partial charge in [-0.1, -0.05) is 77.6 Å². The molecule has 1 fully saturated rings. The lowest BCUT2D eigenvalue weighted by molar-refractivity contribution is -0.299. The summed E-state index contributed by atoms with van der Waals surface area (Å²) in [5, 5.41) is 36.5. The molecule has 1 heterocycles. The van der Waals surface area contributed by atoms with E-state index >= 15 is 0 Å². The van der Waals surface area contributed by atoms with Crippen LogP contribution in [-0.2, 0) is 19.1 Å². The molecular formula is C20H34O8. The first-order valence-electron chi connectivity index (χ1n) is 10.3. The lowest BCUT2D eigenvalue weighted by atomic mass is 10.1. The quantitative estimate of drug-likeness (QED) is 0.0820. The van der Waals surface area contributed by atoms with Crippen molar-refractivity contribution < 1.29 is 39.5 Å². The van der Waals surface area contributed by atoms with E-state index in [9.17, 15) is 14.7 Å². The minimum Gasteiger partial charge on any atom is -0.504 e. The molecule has 1 rings (SSSR count). The third-order valence-electron chi connectivity index (χ3n) is 4.74. The fourth-order valence-corrected chi connectivity index (χ4v) is 3.12. The predicted molar refractivity (Wildman–Crippen MR) is 101 cm³/mol. The maximum atomic E-state index is 11.6. The van der Waals surface area contributed by atoms with Crippen LogP contribution in [0.4, 0.5) is 0 Å². The van der Waals surface area contributed by atoms with Gasteiger partial charge in [0.15, 0.2) is 11.9 Å². The first-order chi connectivity index (χ1) is 13.3. The number of esters is 2. The number of hydrogen-bond donors (Lipinski definition) is 4. The molecule has 1 aliphatic heterocycles. The standard InChI is InChI=1S/C20H34O8/c1-2-3-4-5-6-7-8-9-10-11-12-13-14-27-16-15(17(21)20(24,25)26)18(22)28-19(16)23/h16,21,24-26H,2-14H2,1H3. The van der Waals surface area contributed by atoms with E-state index in [2.05, 4.69) is 11.7 Å². The Morgan fingerprint density at radius 2 is 1.36 bits per heavy atom. The zero-order valence-electron chi connectivity index (χ0n) is 16.7. The Morgan fingerprint density at radius 3 is 1.82 bits per heavy atom. The summed E-state index contributed by atoms with van der Waals surface area (Å²) in [6.07, 6.45) is 12.4. The van der Waals surface area contributed by atoms with Crippen molar-refractivity contribution in [3.05, 3.63) is 11.3 Å². The van der Waals surface area contributed by atoms with Gasteiger partial charge in [0.25, 0.3) is 0 Å². The molecule has 0 saturated carbocycles. The number of cyclic esters (lactones) is 2. The molecule has 1 aliphatic rings. The van der Waals surface area contributed by atoms with Crippen LogP contribution in [0.2, 0.25) is 0 Å². The minimum atomic E-state index is -3.64. The molecule has 4 N–H and O–H groups in total. The summed E-state index contributed by atoms with van der Waals surface area (Å²) in [7, 11) is 0. The van der Waals surface area contributed by atoms with Gasteiger partial charge in [-0.25, -0.2) is 9.59 Å². The SMILES string of the molecule is CCCCCCCCCCCCCCOC1C(=O)OC(=O)C1=C(O)C(O)(O)O. The Kier molecular flexibility index (Phi) is 11.3. The average Bonchev–Trinajstić information content (AvgIpc) is 2.90. The highest BCUT2D eigenvalue weighted by atomic mass is 16.7. The molecule has 0 aromatic rings. The molecule has 0 bridgehead atoms. The number of rotatable bonds is 15. The van der Waals surface area contributed by atoms with Crippen molar-refractivity contribution in [2.45, 2.75) is 96.1 Å². The fourth-order valence-electron chi connectivity index (χ4n) is 3.12. The topological polar surface area (TPSA) is 134 Å². The summed E-state index contributed by atoms with van der Waals surface area (Å²) in [4.78, 5) is 23.2. The Bertz CT molecular complexity index is 521. The molecule has 8 heteroatoms. The average molecular weight is 402 g/mol. The lowest BCUT2D eigenvalue weighted by Crippen LogP contribution is -2.34. The van der Waals surface area contributed by atoms with E-state index in [1.54, 1.807) is 0 Å². The normalized spacial score (nSPS) is 19.2. The van der Waals surface area contributed by atoms with Crippen LogP contribution in [0.25, 0.3) is 0 Å². The second-order valence-corrected chi connectivity index (χ2v) is 7.25. The maximum Gasteiger partial charge on any atom is 0.348 e. The third-order valence-corrected chi connectivity index (χ3v) is 4.74. The van der Waals surface area contributed by atoms with E-state index in [-0.39, 0.29) is 6.61 Å². The molecule has 0 aliphatic carbocycles. The maximum absolute atomic E-state index is 11.6. The van der Waals surface area contributed by atoms with Gasteiger partial charge in [-0.2, -0.15) is 0 Å². The zero-order chi connectivity index (χ0) is 21.0. The number of carbonyl (C=O) groups is 2. The molecule has 8 nitrogen and oxygen atoms in total. The monoisotopic (exact) mass is 402 g/mol. The third kappa shape index (κ3) is 8.68. The first kappa shape index (κ1) is 24.6. The molecule has 0 aromatic carbocycles. The van der Waals surface area contributed by atoms with Crippen LogP contribution in [-0.4, -0.2) is 51.0 Å². The highest BCUT2D eigenvalue weighted by Gasteiger charge is 2.46. The van der Waals surface area contributed by atoms with E-state index in [0.717, 1.165) is 19.3 Å². The Hall–Kier alpha value is -1.48. The largest absolute Gasteiger partial charge is 0.504 e. The minimum absolute atomic E-state index is 0.135. The van der Waals surface area contributed by atoms with Gasteiger partial charge in [0.05, 0.1) is 0 Å². The molecule has 0 spiro atoms. The van der Waals surface area contributed by atoms with Gasteiger partial charge in [0.1, 0.15) is 5.57 Å². The Balaban J connectivity index is 2.17. The number of ether oxygens (including phenoxy) is 2. The van der Waals surface area contributed by atoms with Crippen molar-refractivity contribution in [3.8, 4) is 0 Å². The number of unbranched alkanes of at least 4 members (excludes halogenated alkanes) is 11. The number of aliphatic hydroxyl groups is 4. The summed E-state index contributed by atoms with van der Waals surface area (Å²) >= 11 is 0. The van der Waals surface area contributed by atoms with Crippen molar-refractivity contribution in [1.29, 1.82) is 0 Å².